The summed E-state index contributed by atoms with van der Waals surface area (Å²) in [6, 6.07) is -1.12. The number of ether oxygens (including phenoxy) is 1. The number of sulfone groups is 1. The Morgan fingerprint density at radius 3 is 2.23 bits per heavy atom. The Balaban J connectivity index is 4.33. The van der Waals surface area contributed by atoms with Crippen molar-refractivity contribution in [2.24, 2.45) is 0 Å². The van der Waals surface area contributed by atoms with Gasteiger partial charge in [0, 0.05) is 11.5 Å². The number of rotatable bonds is 8. The molecule has 1 unspecified atom stereocenters. The molecule has 0 aliphatic carbocycles. The van der Waals surface area contributed by atoms with Crippen LogP contribution in [0.25, 0.3) is 0 Å². The van der Waals surface area contributed by atoms with Gasteiger partial charge in [0.25, 0.3) is 0 Å². The van der Waals surface area contributed by atoms with Crippen molar-refractivity contribution in [1.82, 2.24) is 5.32 Å². The number of alkyl carbamates (subject to hydrolysis) is 1. The number of carboxylic acids is 1. The fourth-order valence-electron chi connectivity index (χ4n) is 1.24. The lowest BCUT2D eigenvalue weighted by molar-refractivity contribution is -0.138. The Bertz CT molecular complexity index is 481. The zero-order valence-electron chi connectivity index (χ0n) is 13.6. The third-order valence-corrected chi connectivity index (χ3v) is 6.03. The second-order valence-corrected chi connectivity index (χ2v) is 9.85. The van der Waals surface area contributed by atoms with Gasteiger partial charge in [-0.25, -0.2) is 18.0 Å². The van der Waals surface area contributed by atoms with Gasteiger partial charge in [0.05, 0.1) is 11.0 Å². The Kier molecular flexibility index (Phi) is 8.24. The molecule has 0 aromatic heterocycles. The van der Waals surface area contributed by atoms with Gasteiger partial charge in [0.1, 0.15) is 11.6 Å². The van der Waals surface area contributed by atoms with Crippen molar-refractivity contribution in [3.63, 3.8) is 0 Å². The highest BCUT2D eigenvalue weighted by Gasteiger charge is 2.24. The molecule has 0 saturated heterocycles. The average Bonchev–Trinajstić information content (AvgIpc) is 2.30. The molecule has 0 aliphatic rings. The molecule has 0 spiro atoms. The van der Waals surface area contributed by atoms with Gasteiger partial charge in [-0.05, 0) is 34.6 Å². The van der Waals surface area contributed by atoms with E-state index in [0.717, 1.165) is 11.8 Å². The van der Waals surface area contributed by atoms with Gasteiger partial charge in [0.15, 0.2) is 9.84 Å². The Morgan fingerprint density at radius 2 is 1.82 bits per heavy atom. The zero-order valence-corrected chi connectivity index (χ0v) is 15.2. The minimum Gasteiger partial charge on any atom is -0.480 e. The van der Waals surface area contributed by atoms with Crippen molar-refractivity contribution in [3.8, 4) is 0 Å². The van der Waals surface area contributed by atoms with Crippen molar-refractivity contribution in [2.75, 3.05) is 17.3 Å². The molecule has 22 heavy (non-hydrogen) atoms. The van der Waals surface area contributed by atoms with E-state index < -0.39 is 38.8 Å². The topological polar surface area (TPSA) is 110 Å². The van der Waals surface area contributed by atoms with E-state index in [4.69, 9.17) is 9.84 Å². The monoisotopic (exact) mass is 355 g/mol. The number of carbonyl (C=O) groups is 2. The highest BCUT2D eigenvalue weighted by molar-refractivity contribution is 8.00. The first-order valence-electron chi connectivity index (χ1n) is 6.87. The summed E-state index contributed by atoms with van der Waals surface area (Å²) in [6.45, 7) is 8.23. The molecule has 0 rings (SSSR count). The molecule has 0 radical (unpaired) electrons. The molecular weight excluding hydrogens is 330 g/mol. The molecule has 9 heteroatoms. The fourth-order valence-corrected chi connectivity index (χ4v) is 3.74. The quantitative estimate of drug-likeness (QED) is 0.635. The van der Waals surface area contributed by atoms with Crippen molar-refractivity contribution in [2.45, 2.75) is 51.5 Å². The molecule has 0 aliphatic heterocycles. The van der Waals surface area contributed by atoms with Crippen LogP contribution in [0.4, 0.5) is 4.79 Å². The number of hydrogen-bond donors (Lipinski definition) is 2. The van der Waals surface area contributed by atoms with Crippen molar-refractivity contribution in [1.29, 1.82) is 0 Å². The third-order valence-electron chi connectivity index (χ3n) is 2.50. The predicted molar refractivity (Wildman–Crippen MR) is 87.0 cm³/mol. The minimum atomic E-state index is -3.14. The summed E-state index contributed by atoms with van der Waals surface area (Å²) in [5.74, 6) is -0.860. The zero-order chi connectivity index (χ0) is 17.6. The second kappa shape index (κ2) is 8.61. The molecular formula is C13H25NO6S2. The Hall–Kier alpha value is -0.960. The van der Waals surface area contributed by atoms with Crippen LogP contribution in [-0.4, -0.2) is 59.7 Å². The number of amides is 1. The molecule has 0 bridgehead atoms. The number of carboxylic acid groups (broad SMARTS) is 1. The number of thioether (sulfide) groups is 1. The first-order valence-corrected chi connectivity index (χ1v) is 9.74. The van der Waals surface area contributed by atoms with Gasteiger partial charge >= 0.3 is 12.1 Å². The average molecular weight is 355 g/mol. The molecule has 0 saturated carbocycles. The van der Waals surface area contributed by atoms with Crippen LogP contribution < -0.4 is 5.32 Å². The lowest BCUT2D eigenvalue weighted by Crippen LogP contribution is -2.45. The van der Waals surface area contributed by atoms with Crippen LogP contribution >= 0.6 is 11.8 Å². The first kappa shape index (κ1) is 21.0. The van der Waals surface area contributed by atoms with Gasteiger partial charge in [0.2, 0.25) is 0 Å². The summed E-state index contributed by atoms with van der Waals surface area (Å²) in [7, 11) is -3.14. The minimum absolute atomic E-state index is 0.0197. The van der Waals surface area contributed by atoms with E-state index in [2.05, 4.69) is 5.32 Å². The molecule has 2 N–H and O–H groups in total. The molecule has 130 valence electrons. The lowest BCUT2D eigenvalue weighted by atomic mass is 10.2. The van der Waals surface area contributed by atoms with E-state index in [-0.39, 0.29) is 17.3 Å². The Morgan fingerprint density at radius 1 is 1.27 bits per heavy atom. The summed E-state index contributed by atoms with van der Waals surface area (Å²) in [6.07, 6.45) is -0.810. The van der Waals surface area contributed by atoms with Crippen LogP contribution in [0.2, 0.25) is 0 Å². The van der Waals surface area contributed by atoms with Crippen LogP contribution in [0, 0.1) is 0 Å². The number of aliphatic carboxylic acids is 1. The standard InChI is InChI=1S/C13H25NO6S2/c1-9(2)22(18,19)7-6-21-8-10(11(15)16)14-12(17)20-13(3,4)5/h9-10H,6-8H2,1-5H3,(H,14,17)(H,15,16). The first-order chi connectivity index (χ1) is 9.85. The second-order valence-electron chi connectivity index (χ2n) is 6.03. The van der Waals surface area contributed by atoms with Gasteiger partial charge in [-0.2, -0.15) is 11.8 Å². The van der Waals surface area contributed by atoms with Crippen LogP contribution in [-0.2, 0) is 19.4 Å². The van der Waals surface area contributed by atoms with E-state index in [1.165, 1.54) is 0 Å². The van der Waals surface area contributed by atoms with Crippen molar-refractivity contribution in [3.05, 3.63) is 0 Å². The van der Waals surface area contributed by atoms with Gasteiger partial charge in [-0.15, -0.1) is 0 Å². The largest absolute Gasteiger partial charge is 0.480 e. The molecule has 7 nitrogen and oxygen atoms in total. The summed E-state index contributed by atoms with van der Waals surface area (Å²) in [5, 5.41) is 10.9. The van der Waals surface area contributed by atoms with Gasteiger partial charge in [-0.3, -0.25) is 0 Å². The molecule has 0 heterocycles. The molecule has 1 atom stereocenters. The predicted octanol–water partition coefficient (Wildman–Crippen LogP) is 1.52. The van der Waals surface area contributed by atoms with Gasteiger partial charge < -0.3 is 15.2 Å². The van der Waals surface area contributed by atoms with Crippen molar-refractivity contribution < 1.29 is 27.9 Å². The van der Waals surface area contributed by atoms with Crippen LogP contribution in [0.3, 0.4) is 0 Å². The SMILES string of the molecule is CC(C)S(=O)(=O)CCSCC(NC(=O)OC(C)(C)C)C(=O)O. The molecule has 0 fully saturated rings. The van der Waals surface area contributed by atoms with E-state index in [1.54, 1.807) is 34.6 Å². The highest BCUT2D eigenvalue weighted by atomic mass is 32.2. The normalized spacial score (nSPS) is 13.7. The van der Waals surface area contributed by atoms with E-state index in [0.29, 0.717) is 0 Å². The van der Waals surface area contributed by atoms with E-state index >= 15 is 0 Å². The Labute approximate surface area is 136 Å². The van der Waals surface area contributed by atoms with Crippen LogP contribution in [0.1, 0.15) is 34.6 Å². The molecule has 0 aromatic rings. The molecule has 0 aromatic carbocycles. The summed E-state index contributed by atoms with van der Waals surface area (Å²) in [5.41, 5.74) is -0.717. The number of nitrogens with one attached hydrogen (secondary N) is 1. The number of hydrogen-bond acceptors (Lipinski definition) is 6. The lowest BCUT2D eigenvalue weighted by Gasteiger charge is -2.21. The fraction of sp³-hybridized carbons (Fsp3) is 0.846. The number of carbonyl (C=O) groups excluding carboxylic acids is 1. The highest BCUT2D eigenvalue weighted by Crippen LogP contribution is 2.10. The van der Waals surface area contributed by atoms with E-state index in [9.17, 15) is 18.0 Å². The third kappa shape index (κ3) is 9.14. The maximum absolute atomic E-state index is 11.6. The maximum Gasteiger partial charge on any atom is 0.408 e. The van der Waals surface area contributed by atoms with Crippen LogP contribution in [0.5, 0.6) is 0 Å². The maximum atomic E-state index is 11.6. The molecule has 1 amide bonds. The summed E-state index contributed by atoms with van der Waals surface area (Å²) in [4.78, 5) is 22.7. The van der Waals surface area contributed by atoms with E-state index in [1.807, 2.05) is 0 Å². The van der Waals surface area contributed by atoms with Crippen LogP contribution in [0.15, 0.2) is 0 Å². The van der Waals surface area contributed by atoms with Crippen molar-refractivity contribution >= 4 is 33.7 Å². The summed E-state index contributed by atoms with van der Waals surface area (Å²) >= 11 is 1.16. The van der Waals surface area contributed by atoms with Gasteiger partial charge in [-0.1, -0.05) is 0 Å². The smallest absolute Gasteiger partial charge is 0.408 e. The summed E-state index contributed by atoms with van der Waals surface area (Å²) < 4.78 is 28.2.